The quantitative estimate of drug-likeness (QED) is 0.563. The summed E-state index contributed by atoms with van der Waals surface area (Å²) in [6.45, 7) is 2.48. The van der Waals surface area contributed by atoms with Crippen molar-refractivity contribution in [3.63, 3.8) is 0 Å². The molecule has 0 amide bonds. The van der Waals surface area contributed by atoms with Gasteiger partial charge in [-0.05, 0) is 36.8 Å². The SMILES string of the molecule is Cc1ccccc1OCc1nn(-c2ccncc2)c2ccccc12. The van der Waals surface area contributed by atoms with Crippen LogP contribution in [-0.4, -0.2) is 14.8 Å². The fourth-order valence-corrected chi connectivity index (χ4v) is 2.78. The average Bonchev–Trinajstić information content (AvgIpc) is 3.01. The topological polar surface area (TPSA) is 39.9 Å². The van der Waals surface area contributed by atoms with Crippen molar-refractivity contribution in [2.75, 3.05) is 0 Å². The minimum atomic E-state index is 0.434. The van der Waals surface area contributed by atoms with Crippen LogP contribution >= 0.6 is 0 Å². The summed E-state index contributed by atoms with van der Waals surface area (Å²) >= 11 is 0. The zero-order valence-corrected chi connectivity index (χ0v) is 13.4. The smallest absolute Gasteiger partial charge is 0.133 e. The Morgan fingerprint density at radius 2 is 1.67 bits per heavy atom. The molecule has 0 aliphatic heterocycles. The molecule has 2 heterocycles. The Bertz CT molecular complexity index is 977. The standard InChI is InChI=1S/C20H17N3O/c1-15-6-2-5-9-20(15)24-14-18-17-7-3-4-8-19(17)23(22-18)16-10-12-21-13-11-16/h2-13H,14H2,1H3. The molecule has 0 saturated heterocycles. The third kappa shape index (κ3) is 2.63. The Balaban J connectivity index is 1.73. The third-order valence-electron chi connectivity index (χ3n) is 4.03. The minimum Gasteiger partial charge on any atom is -0.487 e. The number of aromatic nitrogens is 3. The van der Waals surface area contributed by atoms with Gasteiger partial charge in [0.1, 0.15) is 18.1 Å². The van der Waals surface area contributed by atoms with Crippen molar-refractivity contribution in [3.05, 3.63) is 84.3 Å². The van der Waals surface area contributed by atoms with E-state index in [1.54, 1.807) is 12.4 Å². The fourth-order valence-electron chi connectivity index (χ4n) is 2.78. The highest BCUT2D eigenvalue weighted by molar-refractivity contribution is 5.83. The first-order valence-corrected chi connectivity index (χ1v) is 7.88. The molecule has 0 bridgehead atoms. The summed E-state index contributed by atoms with van der Waals surface area (Å²) in [7, 11) is 0. The van der Waals surface area contributed by atoms with Crippen LogP contribution in [0, 0.1) is 6.92 Å². The molecular formula is C20H17N3O. The summed E-state index contributed by atoms with van der Waals surface area (Å²) in [6.07, 6.45) is 3.55. The Morgan fingerprint density at radius 3 is 2.50 bits per heavy atom. The van der Waals surface area contributed by atoms with Gasteiger partial charge in [-0.25, -0.2) is 4.68 Å². The molecule has 0 unspecified atom stereocenters. The van der Waals surface area contributed by atoms with Gasteiger partial charge in [0.25, 0.3) is 0 Å². The second kappa shape index (κ2) is 6.16. The second-order valence-electron chi connectivity index (χ2n) is 5.64. The van der Waals surface area contributed by atoms with Crippen LogP contribution in [0.15, 0.2) is 73.1 Å². The van der Waals surface area contributed by atoms with Crippen LogP contribution in [-0.2, 0) is 6.61 Å². The normalized spacial score (nSPS) is 10.9. The monoisotopic (exact) mass is 315 g/mol. The van der Waals surface area contributed by atoms with Crippen LogP contribution in [0.1, 0.15) is 11.3 Å². The molecule has 118 valence electrons. The maximum Gasteiger partial charge on any atom is 0.133 e. The van der Waals surface area contributed by atoms with Gasteiger partial charge in [0.05, 0.1) is 11.2 Å². The van der Waals surface area contributed by atoms with Crippen molar-refractivity contribution < 1.29 is 4.74 Å². The number of para-hydroxylation sites is 2. The summed E-state index contributed by atoms with van der Waals surface area (Å²) < 4.78 is 7.93. The number of aryl methyl sites for hydroxylation is 1. The van der Waals surface area contributed by atoms with E-state index < -0.39 is 0 Å². The highest BCUT2D eigenvalue weighted by Gasteiger charge is 2.12. The number of fused-ring (bicyclic) bond motifs is 1. The Labute approximate surface area is 140 Å². The van der Waals surface area contributed by atoms with Crippen molar-refractivity contribution in [2.24, 2.45) is 0 Å². The number of benzene rings is 2. The summed E-state index contributed by atoms with van der Waals surface area (Å²) in [6, 6.07) is 20.1. The summed E-state index contributed by atoms with van der Waals surface area (Å²) in [5, 5.41) is 5.87. The predicted octanol–water partition coefficient (Wildman–Crippen LogP) is 4.31. The van der Waals surface area contributed by atoms with Crippen molar-refractivity contribution in [2.45, 2.75) is 13.5 Å². The Hall–Kier alpha value is -3.14. The largest absolute Gasteiger partial charge is 0.487 e. The molecule has 2 aromatic carbocycles. The zero-order chi connectivity index (χ0) is 16.4. The molecule has 4 heteroatoms. The first-order chi connectivity index (χ1) is 11.8. The van der Waals surface area contributed by atoms with Gasteiger partial charge in [-0.2, -0.15) is 5.10 Å². The molecule has 0 saturated carbocycles. The van der Waals surface area contributed by atoms with Gasteiger partial charge in [0.15, 0.2) is 0 Å². The number of nitrogens with zero attached hydrogens (tertiary/aromatic N) is 3. The van der Waals surface area contributed by atoms with E-state index in [2.05, 4.69) is 17.1 Å². The second-order valence-corrected chi connectivity index (χ2v) is 5.64. The number of rotatable bonds is 4. The Morgan fingerprint density at radius 1 is 0.917 bits per heavy atom. The predicted molar refractivity (Wildman–Crippen MR) is 94.4 cm³/mol. The summed E-state index contributed by atoms with van der Waals surface area (Å²) in [5.41, 5.74) is 4.09. The van der Waals surface area contributed by atoms with E-state index >= 15 is 0 Å². The van der Waals surface area contributed by atoms with E-state index in [4.69, 9.17) is 9.84 Å². The summed E-state index contributed by atoms with van der Waals surface area (Å²) in [4.78, 5) is 4.08. The first-order valence-electron chi connectivity index (χ1n) is 7.88. The molecule has 0 radical (unpaired) electrons. The molecule has 2 aromatic heterocycles. The maximum absolute atomic E-state index is 5.99. The van der Waals surface area contributed by atoms with Gasteiger partial charge < -0.3 is 4.74 Å². The molecule has 0 aliphatic carbocycles. The summed E-state index contributed by atoms with van der Waals surface area (Å²) in [5.74, 6) is 0.889. The lowest BCUT2D eigenvalue weighted by Crippen LogP contribution is -2.00. The molecule has 4 nitrogen and oxygen atoms in total. The van der Waals surface area contributed by atoms with E-state index in [1.165, 1.54) is 0 Å². The minimum absolute atomic E-state index is 0.434. The lowest BCUT2D eigenvalue weighted by molar-refractivity contribution is 0.300. The molecular weight excluding hydrogens is 298 g/mol. The highest BCUT2D eigenvalue weighted by atomic mass is 16.5. The first kappa shape index (κ1) is 14.5. The lowest BCUT2D eigenvalue weighted by atomic mass is 10.2. The molecule has 0 spiro atoms. The van der Waals surface area contributed by atoms with Crippen LogP contribution < -0.4 is 4.74 Å². The number of hydrogen-bond acceptors (Lipinski definition) is 3. The van der Waals surface area contributed by atoms with Crippen molar-refractivity contribution in [1.29, 1.82) is 0 Å². The van der Waals surface area contributed by atoms with Crippen molar-refractivity contribution in [3.8, 4) is 11.4 Å². The number of pyridine rings is 1. The van der Waals surface area contributed by atoms with Gasteiger partial charge in [-0.3, -0.25) is 4.98 Å². The Kier molecular flexibility index (Phi) is 3.71. The molecule has 0 aliphatic rings. The third-order valence-corrected chi connectivity index (χ3v) is 4.03. The molecule has 4 rings (SSSR count). The van der Waals surface area contributed by atoms with Crippen LogP contribution in [0.5, 0.6) is 5.75 Å². The lowest BCUT2D eigenvalue weighted by Gasteiger charge is -2.07. The van der Waals surface area contributed by atoms with Gasteiger partial charge in [0, 0.05) is 17.8 Å². The van der Waals surface area contributed by atoms with E-state index in [0.717, 1.165) is 33.6 Å². The average molecular weight is 315 g/mol. The number of hydrogen-bond donors (Lipinski definition) is 0. The molecule has 0 fully saturated rings. The van der Waals surface area contributed by atoms with Crippen LogP contribution in [0.4, 0.5) is 0 Å². The molecule has 24 heavy (non-hydrogen) atoms. The molecule has 0 N–H and O–H groups in total. The van der Waals surface area contributed by atoms with Gasteiger partial charge in [0.2, 0.25) is 0 Å². The van der Waals surface area contributed by atoms with Crippen LogP contribution in [0.25, 0.3) is 16.6 Å². The fraction of sp³-hybridized carbons (Fsp3) is 0.100. The van der Waals surface area contributed by atoms with E-state index in [0.29, 0.717) is 6.61 Å². The van der Waals surface area contributed by atoms with Gasteiger partial charge in [-0.1, -0.05) is 36.4 Å². The van der Waals surface area contributed by atoms with E-state index in [9.17, 15) is 0 Å². The van der Waals surface area contributed by atoms with E-state index in [-0.39, 0.29) is 0 Å². The maximum atomic E-state index is 5.99. The van der Waals surface area contributed by atoms with E-state index in [1.807, 2.05) is 60.1 Å². The van der Waals surface area contributed by atoms with Crippen molar-refractivity contribution >= 4 is 10.9 Å². The highest BCUT2D eigenvalue weighted by Crippen LogP contribution is 2.24. The zero-order valence-electron chi connectivity index (χ0n) is 13.4. The van der Waals surface area contributed by atoms with Crippen molar-refractivity contribution in [1.82, 2.24) is 14.8 Å². The number of ether oxygens (including phenoxy) is 1. The van der Waals surface area contributed by atoms with Crippen LogP contribution in [0.3, 0.4) is 0 Å². The molecule has 0 atom stereocenters. The van der Waals surface area contributed by atoms with Gasteiger partial charge in [-0.15, -0.1) is 0 Å². The van der Waals surface area contributed by atoms with Gasteiger partial charge >= 0.3 is 0 Å². The molecule has 4 aromatic rings. The van der Waals surface area contributed by atoms with Crippen LogP contribution in [0.2, 0.25) is 0 Å².